The smallest absolute Gasteiger partial charge is 0.227 e. The molecule has 0 spiro atoms. The van der Waals surface area contributed by atoms with E-state index in [0.29, 0.717) is 11.1 Å². The highest BCUT2D eigenvalue weighted by Gasteiger charge is 2.21. The summed E-state index contributed by atoms with van der Waals surface area (Å²) in [5.74, 6) is -0.225. The van der Waals surface area contributed by atoms with Crippen LogP contribution in [0.25, 0.3) is 27.8 Å². The summed E-state index contributed by atoms with van der Waals surface area (Å²) in [7, 11) is 1.44. The summed E-state index contributed by atoms with van der Waals surface area (Å²) in [5, 5.41) is 16.4. The maximum Gasteiger partial charge on any atom is 0.227 e. The first kappa shape index (κ1) is 22.6. The van der Waals surface area contributed by atoms with Crippen LogP contribution in [0.3, 0.4) is 0 Å². The average Bonchev–Trinajstić information content (AvgIpc) is 3.28. The van der Waals surface area contributed by atoms with E-state index in [9.17, 15) is 14.4 Å². The first-order chi connectivity index (χ1) is 17.1. The number of halogens is 1. The van der Waals surface area contributed by atoms with Gasteiger partial charge < -0.3 is 19.9 Å². The molecule has 4 aromatic rings. The summed E-state index contributed by atoms with van der Waals surface area (Å²) >= 11 is 0. The molecule has 5 rings (SSSR count). The zero-order valence-electron chi connectivity index (χ0n) is 19.3. The van der Waals surface area contributed by atoms with Gasteiger partial charge in [0.2, 0.25) is 5.91 Å². The Balaban J connectivity index is 1.59. The Hall–Kier alpha value is -4.15. The highest BCUT2D eigenvalue weighted by atomic mass is 19.1. The van der Waals surface area contributed by atoms with E-state index < -0.39 is 5.82 Å². The minimum atomic E-state index is -0.448. The van der Waals surface area contributed by atoms with Crippen LogP contribution in [0.5, 0.6) is 5.75 Å². The molecule has 176 valence electrons. The first-order valence-electron chi connectivity index (χ1n) is 11.6. The van der Waals surface area contributed by atoms with Crippen molar-refractivity contribution in [3.05, 3.63) is 78.1 Å². The third-order valence-corrected chi connectivity index (χ3v) is 6.48. The topological polar surface area (TPSA) is 79.1 Å². The Bertz CT molecular complexity index is 1430. The molecule has 7 heteroatoms. The van der Waals surface area contributed by atoms with Gasteiger partial charge in [-0.3, -0.25) is 4.79 Å². The zero-order valence-corrected chi connectivity index (χ0v) is 19.3. The molecule has 6 nitrogen and oxygen atoms in total. The molecule has 1 aliphatic rings. The van der Waals surface area contributed by atoms with Crippen LogP contribution in [-0.4, -0.2) is 30.7 Å². The van der Waals surface area contributed by atoms with Crippen LogP contribution in [0.15, 0.2) is 66.7 Å². The van der Waals surface area contributed by atoms with Crippen LogP contribution in [0.2, 0.25) is 0 Å². The fourth-order valence-corrected chi connectivity index (χ4v) is 4.62. The van der Waals surface area contributed by atoms with E-state index in [0.717, 1.165) is 53.9 Å². The van der Waals surface area contributed by atoms with Crippen LogP contribution in [0.4, 0.5) is 10.1 Å². The fraction of sp³-hybridized carbons (Fsp3) is 0.214. The van der Waals surface area contributed by atoms with E-state index in [1.54, 1.807) is 18.2 Å². The number of nitriles is 1. The number of hydrogen-bond donors (Lipinski definition) is 2. The van der Waals surface area contributed by atoms with Crippen molar-refractivity contribution in [1.29, 1.82) is 5.26 Å². The molecule has 1 fully saturated rings. The molecule has 1 amide bonds. The minimum Gasteiger partial charge on any atom is -0.494 e. The van der Waals surface area contributed by atoms with Crippen molar-refractivity contribution >= 4 is 22.5 Å². The number of nitrogens with one attached hydrogen (secondary N) is 2. The van der Waals surface area contributed by atoms with Crippen molar-refractivity contribution in [3.8, 4) is 28.8 Å². The predicted octanol–water partition coefficient (Wildman–Crippen LogP) is 5.25. The maximum atomic E-state index is 14.6. The lowest BCUT2D eigenvalue weighted by Crippen LogP contribution is -2.34. The summed E-state index contributed by atoms with van der Waals surface area (Å²) in [6.45, 7) is 1.71. The number of fused-ring (bicyclic) bond motifs is 1. The molecule has 1 aromatic heterocycles. The number of benzene rings is 3. The van der Waals surface area contributed by atoms with Crippen molar-refractivity contribution < 1.29 is 13.9 Å². The van der Waals surface area contributed by atoms with E-state index in [1.165, 1.54) is 13.2 Å². The maximum absolute atomic E-state index is 14.6. The fourth-order valence-electron chi connectivity index (χ4n) is 4.62. The zero-order chi connectivity index (χ0) is 24.4. The van der Waals surface area contributed by atoms with Crippen LogP contribution >= 0.6 is 0 Å². The molecule has 2 heterocycles. The van der Waals surface area contributed by atoms with Crippen molar-refractivity contribution in [3.63, 3.8) is 0 Å². The van der Waals surface area contributed by atoms with Gasteiger partial charge in [-0.1, -0.05) is 0 Å². The normalized spacial score (nSPS) is 14.0. The van der Waals surface area contributed by atoms with E-state index in [2.05, 4.69) is 16.7 Å². The predicted molar refractivity (Wildman–Crippen MR) is 134 cm³/mol. The number of nitrogens with zero attached hydrogens (tertiary/aromatic N) is 2. The second-order valence-electron chi connectivity index (χ2n) is 8.66. The number of piperidine rings is 1. The highest BCUT2D eigenvalue weighted by Crippen LogP contribution is 2.35. The summed E-state index contributed by atoms with van der Waals surface area (Å²) in [6, 6.07) is 22.0. The average molecular weight is 469 g/mol. The van der Waals surface area contributed by atoms with Crippen LogP contribution in [0, 0.1) is 23.1 Å². The number of carbonyl (C=O) groups excluding carboxylic acids is 1. The molecular formula is C28H25FN4O2. The molecule has 0 radical (unpaired) electrons. The summed E-state index contributed by atoms with van der Waals surface area (Å²) < 4.78 is 21.7. The van der Waals surface area contributed by atoms with Crippen LogP contribution < -0.4 is 15.4 Å². The second-order valence-corrected chi connectivity index (χ2v) is 8.66. The van der Waals surface area contributed by atoms with Gasteiger partial charge in [-0.2, -0.15) is 5.26 Å². The number of ether oxygens (including phenoxy) is 1. The SMILES string of the molecule is COc1ccc(-c2cc3cc(NC(=O)C4CCNCC4)ccc3n2-c2ccc(C#N)cc2)cc1F. The number of amides is 1. The Morgan fingerprint density at radius 1 is 1.09 bits per heavy atom. The number of carbonyl (C=O) groups is 1. The molecule has 0 saturated carbocycles. The molecular weight excluding hydrogens is 443 g/mol. The molecule has 2 N–H and O–H groups in total. The van der Waals surface area contributed by atoms with Crippen molar-refractivity contribution in [2.75, 3.05) is 25.5 Å². The quantitative estimate of drug-likeness (QED) is 0.419. The Kier molecular flexibility index (Phi) is 6.21. The van der Waals surface area contributed by atoms with Gasteiger partial charge >= 0.3 is 0 Å². The van der Waals surface area contributed by atoms with E-state index in [4.69, 9.17) is 4.74 Å². The van der Waals surface area contributed by atoms with Gasteiger partial charge in [0.05, 0.1) is 30.0 Å². The van der Waals surface area contributed by atoms with E-state index in [-0.39, 0.29) is 17.6 Å². The molecule has 0 bridgehead atoms. The van der Waals surface area contributed by atoms with Gasteiger partial charge in [0, 0.05) is 28.2 Å². The Morgan fingerprint density at radius 2 is 1.86 bits per heavy atom. The summed E-state index contributed by atoms with van der Waals surface area (Å²) in [6.07, 6.45) is 1.66. The number of aromatic nitrogens is 1. The minimum absolute atomic E-state index is 0.00743. The molecule has 1 saturated heterocycles. The van der Waals surface area contributed by atoms with E-state index >= 15 is 0 Å². The molecule has 0 aliphatic carbocycles. The number of methoxy groups -OCH3 is 1. The van der Waals surface area contributed by atoms with Crippen molar-refractivity contribution in [2.45, 2.75) is 12.8 Å². The van der Waals surface area contributed by atoms with Crippen molar-refractivity contribution in [2.24, 2.45) is 5.92 Å². The van der Waals surface area contributed by atoms with Crippen molar-refractivity contribution in [1.82, 2.24) is 9.88 Å². The lowest BCUT2D eigenvalue weighted by atomic mass is 9.97. The van der Waals surface area contributed by atoms with Crippen LogP contribution in [-0.2, 0) is 4.79 Å². The lowest BCUT2D eigenvalue weighted by molar-refractivity contribution is -0.120. The summed E-state index contributed by atoms with van der Waals surface area (Å²) in [4.78, 5) is 12.8. The molecule has 0 unspecified atom stereocenters. The standard InChI is InChI=1S/C28H25FN4O2/c1-35-27-9-4-20(15-24(27)29)26-16-21-14-22(32-28(34)19-10-12-31-13-11-19)5-8-25(21)33(26)23-6-2-18(17-30)3-7-23/h2-9,14-16,19,31H,10-13H2,1H3,(H,32,34). The van der Waals surface area contributed by atoms with Crippen LogP contribution in [0.1, 0.15) is 18.4 Å². The van der Waals surface area contributed by atoms with Gasteiger partial charge in [-0.25, -0.2) is 4.39 Å². The molecule has 3 aromatic carbocycles. The number of hydrogen-bond acceptors (Lipinski definition) is 4. The largest absolute Gasteiger partial charge is 0.494 e. The van der Waals surface area contributed by atoms with Gasteiger partial charge in [-0.05, 0) is 92.7 Å². The van der Waals surface area contributed by atoms with Gasteiger partial charge in [-0.15, -0.1) is 0 Å². The molecule has 1 aliphatic heterocycles. The second kappa shape index (κ2) is 9.61. The number of anilines is 1. The van der Waals surface area contributed by atoms with Gasteiger partial charge in [0.25, 0.3) is 0 Å². The van der Waals surface area contributed by atoms with E-state index in [1.807, 2.05) is 47.0 Å². The highest BCUT2D eigenvalue weighted by molar-refractivity contribution is 5.97. The number of rotatable bonds is 5. The third-order valence-electron chi connectivity index (χ3n) is 6.48. The molecule has 35 heavy (non-hydrogen) atoms. The Morgan fingerprint density at radius 3 is 2.54 bits per heavy atom. The van der Waals surface area contributed by atoms with Gasteiger partial charge in [0.1, 0.15) is 0 Å². The molecule has 0 atom stereocenters. The first-order valence-corrected chi connectivity index (χ1v) is 11.6. The Labute approximate surface area is 202 Å². The lowest BCUT2D eigenvalue weighted by Gasteiger charge is -2.21. The third kappa shape index (κ3) is 4.48. The summed E-state index contributed by atoms with van der Waals surface area (Å²) in [5.41, 5.74) is 4.50. The van der Waals surface area contributed by atoms with Gasteiger partial charge in [0.15, 0.2) is 11.6 Å². The monoisotopic (exact) mass is 468 g/mol.